The first kappa shape index (κ1) is 27.2. The lowest BCUT2D eigenvalue weighted by Gasteiger charge is -2.23. The molecule has 40 heavy (non-hydrogen) atoms. The topological polar surface area (TPSA) is 127 Å². The maximum atomic E-state index is 15.1. The zero-order valence-corrected chi connectivity index (χ0v) is 22.2. The van der Waals surface area contributed by atoms with Crippen LogP contribution in [0.4, 0.5) is 20.4 Å². The first-order valence-corrected chi connectivity index (χ1v) is 13.9. The van der Waals surface area contributed by atoms with Crippen molar-refractivity contribution in [1.82, 2.24) is 20.3 Å². The van der Waals surface area contributed by atoms with Crippen LogP contribution < -0.4 is 24.8 Å². The molecule has 0 amide bonds. The number of hydrogen-bond acceptors (Lipinski definition) is 9. The van der Waals surface area contributed by atoms with Gasteiger partial charge in [0.1, 0.15) is 10.6 Å². The van der Waals surface area contributed by atoms with Gasteiger partial charge in [-0.25, -0.2) is 27.8 Å². The van der Waals surface area contributed by atoms with Crippen LogP contribution in [-0.4, -0.2) is 49.6 Å². The second-order valence-electron chi connectivity index (χ2n) is 8.91. The molecule has 1 fully saturated rings. The van der Waals surface area contributed by atoms with Gasteiger partial charge in [0.2, 0.25) is 17.6 Å². The highest BCUT2D eigenvalue weighted by atomic mass is 32.2. The number of nitrogens with zero attached hydrogens (tertiary/aromatic N) is 3. The molecule has 5 rings (SSSR count). The molecule has 0 unspecified atom stereocenters. The van der Waals surface area contributed by atoms with Crippen LogP contribution in [0.1, 0.15) is 12.8 Å². The number of nitrogens with one attached hydrogen (secondary N) is 3. The first-order valence-electron chi connectivity index (χ1n) is 12.4. The normalized spacial score (nSPS) is 15.3. The van der Waals surface area contributed by atoms with Gasteiger partial charge < -0.3 is 20.1 Å². The van der Waals surface area contributed by atoms with Crippen molar-refractivity contribution in [2.24, 2.45) is 0 Å². The molecule has 1 saturated heterocycles. The molecule has 10 nitrogen and oxygen atoms in total. The first-order chi connectivity index (χ1) is 19.4. The predicted molar refractivity (Wildman–Crippen MR) is 145 cm³/mol. The SMILES string of the molecule is COc1ccccc1S(=O)(=O)Nc1ccc(Oc2ncccc2-c2ccnc(N[C@H]3CCCNC3)n2)c(F)c1F. The van der Waals surface area contributed by atoms with E-state index in [1.807, 2.05) is 0 Å². The lowest BCUT2D eigenvalue weighted by molar-refractivity contribution is 0.402. The Morgan fingerprint density at radius 2 is 1.82 bits per heavy atom. The van der Waals surface area contributed by atoms with E-state index in [1.165, 1.54) is 31.5 Å². The second-order valence-corrected chi connectivity index (χ2v) is 10.6. The molecule has 0 radical (unpaired) electrons. The molecule has 13 heteroatoms. The Labute approximate surface area is 229 Å². The minimum atomic E-state index is -4.28. The van der Waals surface area contributed by atoms with Crippen molar-refractivity contribution >= 4 is 21.7 Å². The molecular formula is C27H26F2N6O4S. The molecule has 0 aliphatic carbocycles. The van der Waals surface area contributed by atoms with Crippen molar-refractivity contribution in [1.29, 1.82) is 0 Å². The zero-order valence-electron chi connectivity index (χ0n) is 21.4. The van der Waals surface area contributed by atoms with E-state index in [2.05, 4.69) is 30.3 Å². The molecule has 0 bridgehead atoms. The van der Waals surface area contributed by atoms with Crippen LogP contribution in [0.25, 0.3) is 11.3 Å². The second kappa shape index (κ2) is 11.8. The summed E-state index contributed by atoms with van der Waals surface area (Å²) in [5, 5.41) is 6.62. The third kappa shape index (κ3) is 5.95. The minimum absolute atomic E-state index is 0.0212. The summed E-state index contributed by atoms with van der Waals surface area (Å²) in [5.41, 5.74) is 0.294. The molecule has 1 atom stereocenters. The van der Waals surface area contributed by atoms with E-state index in [4.69, 9.17) is 9.47 Å². The lowest BCUT2D eigenvalue weighted by atomic mass is 10.1. The van der Waals surface area contributed by atoms with E-state index in [1.54, 1.807) is 30.5 Å². The van der Waals surface area contributed by atoms with Gasteiger partial charge in [-0.3, -0.25) is 4.72 Å². The Balaban J connectivity index is 1.39. The van der Waals surface area contributed by atoms with Gasteiger partial charge in [-0.1, -0.05) is 12.1 Å². The van der Waals surface area contributed by atoms with Crippen LogP contribution in [0.3, 0.4) is 0 Å². The van der Waals surface area contributed by atoms with Crippen LogP contribution in [0.5, 0.6) is 17.4 Å². The van der Waals surface area contributed by atoms with E-state index in [9.17, 15) is 8.42 Å². The monoisotopic (exact) mass is 568 g/mol. The Hall–Kier alpha value is -4.36. The van der Waals surface area contributed by atoms with Crippen LogP contribution in [0, 0.1) is 11.6 Å². The number of piperidine rings is 1. The highest BCUT2D eigenvalue weighted by Crippen LogP contribution is 2.35. The molecular weight excluding hydrogens is 542 g/mol. The number of sulfonamides is 1. The van der Waals surface area contributed by atoms with Crippen LogP contribution in [0.15, 0.2) is 71.9 Å². The fourth-order valence-electron chi connectivity index (χ4n) is 4.24. The van der Waals surface area contributed by atoms with Gasteiger partial charge in [0.05, 0.1) is 24.1 Å². The summed E-state index contributed by atoms with van der Waals surface area (Å²) in [7, 11) is -2.98. The highest BCUT2D eigenvalue weighted by molar-refractivity contribution is 7.92. The highest BCUT2D eigenvalue weighted by Gasteiger charge is 2.24. The Bertz CT molecular complexity index is 1620. The smallest absolute Gasteiger partial charge is 0.265 e. The third-order valence-electron chi connectivity index (χ3n) is 6.19. The Morgan fingerprint density at radius 1 is 0.975 bits per heavy atom. The van der Waals surface area contributed by atoms with E-state index >= 15 is 8.78 Å². The summed E-state index contributed by atoms with van der Waals surface area (Å²) >= 11 is 0. The molecule has 1 aliphatic rings. The number of methoxy groups -OCH3 is 1. The fraction of sp³-hybridized carbons (Fsp3) is 0.222. The maximum Gasteiger partial charge on any atom is 0.265 e. The molecule has 0 spiro atoms. The van der Waals surface area contributed by atoms with Crippen LogP contribution in [0.2, 0.25) is 0 Å². The number of rotatable bonds is 9. The maximum absolute atomic E-state index is 15.1. The van der Waals surface area contributed by atoms with Crippen molar-refractivity contribution in [3.05, 3.63) is 78.6 Å². The predicted octanol–water partition coefficient (Wildman–Crippen LogP) is 4.58. The van der Waals surface area contributed by atoms with E-state index < -0.39 is 33.1 Å². The average molecular weight is 569 g/mol. The van der Waals surface area contributed by atoms with Gasteiger partial charge in [-0.15, -0.1) is 0 Å². The van der Waals surface area contributed by atoms with Gasteiger partial charge >= 0.3 is 0 Å². The standard InChI is InChI=1S/C27H26F2N6O4S/c1-38-21-8-2-3-9-23(21)40(36,37)35-20-10-11-22(25(29)24(20)28)39-26-18(7-5-14-31-26)19-12-15-32-27(34-19)33-17-6-4-13-30-16-17/h2-3,5,7-12,14-15,17,30,35H,4,6,13,16H2,1H3,(H,32,33,34)/t17-/m0/s1. The minimum Gasteiger partial charge on any atom is -0.495 e. The van der Waals surface area contributed by atoms with Crippen LogP contribution in [-0.2, 0) is 10.0 Å². The molecule has 1 aliphatic heterocycles. The molecule has 3 N–H and O–H groups in total. The summed E-state index contributed by atoms with van der Waals surface area (Å²) in [5.74, 6) is -2.87. The molecule has 2 aromatic heterocycles. The van der Waals surface area contributed by atoms with Gasteiger partial charge in [-0.05, 0) is 61.9 Å². The number of pyridine rings is 1. The molecule has 208 valence electrons. The molecule has 0 saturated carbocycles. The van der Waals surface area contributed by atoms with Crippen LogP contribution >= 0.6 is 0 Å². The third-order valence-corrected chi connectivity index (χ3v) is 7.59. The van der Waals surface area contributed by atoms with Crippen molar-refractivity contribution in [2.75, 3.05) is 30.2 Å². The number of para-hydroxylation sites is 1. The van der Waals surface area contributed by atoms with Gasteiger partial charge in [-0.2, -0.15) is 4.39 Å². The molecule has 2 aromatic carbocycles. The summed E-state index contributed by atoms with van der Waals surface area (Å²) in [6, 6.07) is 13.2. The summed E-state index contributed by atoms with van der Waals surface area (Å²) in [4.78, 5) is 12.8. The molecule has 4 aromatic rings. The average Bonchev–Trinajstić information content (AvgIpc) is 2.98. The Morgan fingerprint density at radius 3 is 2.62 bits per heavy atom. The summed E-state index contributed by atoms with van der Waals surface area (Å²) in [6.45, 7) is 1.77. The number of halogens is 2. The number of aromatic nitrogens is 3. The van der Waals surface area contributed by atoms with E-state index in [-0.39, 0.29) is 22.6 Å². The van der Waals surface area contributed by atoms with Crippen molar-refractivity contribution in [3.63, 3.8) is 0 Å². The van der Waals surface area contributed by atoms with Crippen molar-refractivity contribution in [2.45, 2.75) is 23.8 Å². The largest absolute Gasteiger partial charge is 0.495 e. The van der Waals surface area contributed by atoms with E-state index in [0.717, 1.165) is 38.1 Å². The number of ether oxygens (including phenoxy) is 2. The zero-order chi connectivity index (χ0) is 28.1. The number of hydrogen-bond donors (Lipinski definition) is 3. The van der Waals surface area contributed by atoms with Crippen molar-refractivity contribution < 1.29 is 26.7 Å². The summed E-state index contributed by atoms with van der Waals surface area (Å²) in [6.07, 6.45) is 5.05. The van der Waals surface area contributed by atoms with Gasteiger partial charge in [0.25, 0.3) is 10.0 Å². The van der Waals surface area contributed by atoms with Gasteiger partial charge in [0.15, 0.2) is 11.6 Å². The number of anilines is 2. The van der Waals surface area contributed by atoms with Gasteiger partial charge in [0, 0.05) is 25.0 Å². The number of benzene rings is 2. The molecule has 3 heterocycles. The fourth-order valence-corrected chi connectivity index (χ4v) is 5.47. The quantitative estimate of drug-likeness (QED) is 0.266. The lowest BCUT2D eigenvalue weighted by Crippen LogP contribution is -2.38. The Kier molecular flexibility index (Phi) is 8.03. The van der Waals surface area contributed by atoms with E-state index in [0.29, 0.717) is 17.2 Å². The summed E-state index contributed by atoms with van der Waals surface area (Å²) < 4.78 is 68.6. The van der Waals surface area contributed by atoms with Crippen molar-refractivity contribution in [3.8, 4) is 28.6 Å².